The normalized spacial score (nSPS) is 46.1. The van der Waals surface area contributed by atoms with Gasteiger partial charge in [-0.25, -0.2) is 4.98 Å². The van der Waals surface area contributed by atoms with Gasteiger partial charge in [0.25, 0.3) is 0 Å². The highest BCUT2D eigenvalue weighted by molar-refractivity contribution is 5.72. The Morgan fingerprint density at radius 2 is 1.74 bits per heavy atom. The van der Waals surface area contributed by atoms with Gasteiger partial charge >= 0.3 is 0 Å². The van der Waals surface area contributed by atoms with Crippen molar-refractivity contribution in [1.29, 1.82) is 0 Å². The molecule has 6 rings (SSSR count). The van der Waals surface area contributed by atoms with E-state index in [0.29, 0.717) is 41.4 Å². The van der Waals surface area contributed by atoms with Crippen molar-refractivity contribution in [3.8, 4) is 0 Å². The molecule has 4 fully saturated rings. The second kappa shape index (κ2) is 8.58. The van der Waals surface area contributed by atoms with Gasteiger partial charge in [0.2, 0.25) is 0 Å². The fourth-order valence-electron chi connectivity index (χ4n) is 10.4. The molecular formula is C31H45NO3. The zero-order chi connectivity index (χ0) is 24.5. The van der Waals surface area contributed by atoms with Crippen molar-refractivity contribution in [3.05, 3.63) is 30.2 Å². The van der Waals surface area contributed by atoms with Gasteiger partial charge in [-0.2, -0.15) is 0 Å². The van der Waals surface area contributed by atoms with Gasteiger partial charge in [0.05, 0.1) is 12.2 Å². The number of aliphatic hydroxyl groups excluding tert-OH is 2. The highest BCUT2D eigenvalue weighted by Gasteiger charge is 2.64. The van der Waals surface area contributed by atoms with E-state index in [1.165, 1.54) is 25.7 Å². The molecule has 4 aliphatic rings. The van der Waals surface area contributed by atoms with Crippen LogP contribution in [0.5, 0.6) is 0 Å². The third-order valence-corrected chi connectivity index (χ3v) is 12.0. The first-order chi connectivity index (χ1) is 16.8. The molecule has 0 aliphatic heterocycles. The molecule has 192 valence electrons. The molecule has 0 radical (unpaired) electrons. The third-order valence-electron chi connectivity index (χ3n) is 12.0. The molecule has 0 bridgehead atoms. The Morgan fingerprint density at radius 3 is 2.51 bits per heavy atom. The first-order valence-corrected chi connectivity index (χ1v) is 14.5. The molecule has 1 heterocycles. The quantitative estimate of drug-likeness (QED) is 0.516. The predicted molar refractivity (Wildman–Crippen MR) is 139 cm³/mol. The van der Waals surface area contributed by atoms with E-state index in [2.05, 4.69) is 27.7 Å². The molecular weight excluding hydrogens is 434 g/mol. The van der Waals surface area contributed by atoms with Crippen molar-refractivity contribution in [2.24, 2.45) is 52.3 Å². The van der Waals surface area contributed by atoms with Gasteiger partial charge in [-0.05, 0) is 109 Å². The molecule has 35 heavy (non-hydrogen) atoms. The van der Waals surface area contributed by atoms with Gasteiger partial charge in [-0.15, -0.1) is 0 Å². The van der Waals surface area contributed by atoms with Crippen LogP contribution < -0.4 is 0 Å². The summed E-state index contributed by atoms with van der Waals surface area (Å²) in [5.41, 5.74) is 2.40. The SMILES string of the molecule is CC[C@H]1[C@@H](O)C2C3CC[C@H]([C@H](C)Cc4nc5ccccc5o4)[C@@]3(C)CCC2[C@@]2(C)CC[C@@H](O)C[C@@H]12. The summed E-state index contributed by atoms with van der Waals surface area (Å²) in [5.74, 6) is 4.45. The number of rotatable bonds is 4. The zero-order valence-electron chi connectivity index (χ0n) is 22.1. The van der Waals surface area contributed by atoms with Gasteiger partial charge in [0, 0.05) is 6.42 Å². The highest BCUT2D eigenvalue weighted by Crippen LogP contribution is 2.69. The van der Waals surface area contributed by atoms with Crippen LogP contribution in [0.2, 0.25) is 0 Å². The monoisotopic (exact) mass is 479 g/mol. The molecule has 2 aromatic rings. The van der Waals surface area contributed by atoms with Gasteiger partial charge in [0.15, 0.2) is 11.5 Å². The number of para-hydroxylation sites is 2. The fourth-order valence-corrected chi connectivity index (χ4v) is 10.4. The summed E-state index contributed by atoms with van der Waals surface area (Å²) < 4.78 is 6.11. The topological polar surface area (TPSA) is 66.5 Å². The molecule has 4 nitrogen and oxygen atoms in total. The minimum atomic E-state index is -0.218. The molecule has 4 saturated carbocycles. The Morgan fingerprint density at radius 1 is 1.00 bits per heavy atom. The molecule has 1 aromatic carbocycles. The number of nitrogens with zero attached hydrogens (tertiary/aromatic N) is 1. The molecule has 4 heteroatoms. The number of hydrogen-bond acceptors (Lipinski definition) is 4. The van der Waals surface area contributed by atoms with Crippen LogP contribution >= 0.6 is 0 Å². The van der Waals surface area contributed by atoms with Crippen LogP contribution in [-0.2, 0) is 6.42 Å². The molecule has 0 spiro atoms. The standard InChI is InChI=1S/C31H45NO3/c1-5-20-24-17-19(33)12-14-31(24,4)23-13-15-30(3)21(10-11-22(30)28(23)29(20)34)18(2)16-27-32-25-8-6-7-9-26(25)35-27/h6-9,18-24,28-29,33-34H,5,10-17H2,1-4H3/t18-,19-,20-,21-,22?,23?,24+,28?,29-,30-,31-/m1/s1. The molecule has 0 amide bonds. The van der Waals surface area contributed by atoms with Crippen LogP contribution in [0, 0.1) is 52.3 Å². The number of hydrogen-bond donors (Lipinski definition) is 2. The summed E-state index contributed by atoms with van der Waals surface area (Å²) in [4.78, 5) is 4.78. The Bertz CT molecular complexity index is 1030. The van der Waals surface area contributed by atoms with Crippen molar-refractivity contribution in [3.63, 3.8) is 0 Å². The van der Waals surface area contributed by atoms with E-state index in [0.717, 1.165) is 49.1 Å². The first-order valence-electron chi connectivity index (χ1n) is 14.5. The van der Waals surface area contributed by atoms with Gasteiger partial charge in [0.1, 0.15) is 5.52 Å². The number of aliphatic hydroxyl groups is 2. The lowest BCUT2D eigenvalue weighted by atomic mass is 9.41. The van der Waals surface area contributed by atoms with Crippen LogP contribution in [0.3, 0.4) is 0 Å². The third kappa shape index (κ3) is 3.56. The average molecular weight is 480 g/mol. The maximum absolute atomic E-state index is 11.9. The average Bonchev–Trinajstić information content (AvgIpc) is 3.40. The van der Waals surface area contributed by atoms with Crippen LogP contribution in [0.15, 0.2) is 28.7 Å². The van der Waals surface area contributed by atoms with E-state index in [9.17, 15) is 10.2 Å². The molecule has 11 atom stereocenters. The van der Waals surface area contributed by atoms with Crippen LogP contribution in [0.1, 0.15) is 85.0 Å². The van der Waals surface area contributed by atoms with Crippen molar-refractivity contribution >= 4 is 11.1 Å². The lowest BCUT2D eigenvalue weighted by molar-refractivity contribution is -0.203. The van der Waals surface area contributed by atoms with Gasteiger partial charge in [-0.3, -0.25) is 0 Å². The summed E-state index contributed by atoms with van der Waals surface area (Å²) in [6.45, 7) is 9.75. The van der Waals surface area contributed by atoms with E-state index in [1.54, 1.807) is 0 Å². The zero-order valence-corrected chi connectivity index (χ0v) is 22.1. The lowest BCUT2D eigenvalue weighted by Crippen LogP contribution is -2.62. The largest absolute Gasteiger partial charge is 0.441 e. The molecule has 1 aromatic heterocycles. The summed E-state index contributed by atoms with van der Waals surface area (Å²) in [5, 5.41) is 22.4. The van der Waals surface area contributed by atoms with Crippen molar-refractivity contribution in [2.45, 2.75) is 97.7 Å². The maximum Gasteiger partial charge on any atom is 0.195 e. The van der Waals surface area contributed by atoms with Crippen molar-refractivity contribution in [1.82, 2.24) is 4.98 Å². The smallest absolute Gasteiger partial charge is 0.195 e. The van der Waals surface area contributed by atoms with E-state index >= 15 is 0 Å². The van der Waals surface area contributed by atoms with Gasteiger partial charge < -0.3 is 14.6 Å². The Hall–Kier alpha value is -1.39. The number of fused-ring (bicyclic) bond motifs is 6. The number of benzene rings is 1. The van der Waals surface area contributed by atoms with Crippen LogP contribution in [-0.4, -0.2) is 27.4 Å². The predicted octanol–water partition coefficient (Wildman–Crippen LogP) is 6.63. The summed E-state index contributed by atoms with van der Waals surface area (Å²) in [7, 11) is 0. The fraction of sp³-hybridized carbons (Fsp3) is 0.774. The minimum Gasteiger partial charge on any atom is -0.441 e. The Balaban J connectivity index is 1.26. The van der Waals surface area contributed by atoms with Crippen molar-refractivity contribution in [2.75, 3.05) is 0 Å². The summed E-state index contributed by atoms with van der Waals surface area (Å²) in [6, 6.07) is 8.08. The number of aromatic nitrogens is 1. The number of oxazole rings is 1. The Kier molecular flexibility index (Phi) is 5.88. The summed E-state index contributed by atoms with van der Waals surface area (Å²) >= 11 is 0. The van der Waals surface area contributed by atoms with Crippen LogP contribution in [0.4, 0.5) is 0 Å². The van der Waals surface area contributed by atoms with E-state index in [1.807, 2.05) is 24.3 Å². The van der Waals surface area contributed by atoms with E-state index < -0.39 is 0 Å². The molecule has 0 saturated heterocycles. The maximum atomic E-state index is 11.9. The second-order valence-corrected chi connectivity index (χ2v) is 13.4. The van der Waals surface area contributed by atoms with E-state index in [-0.39, 0.29) is 23.0 Å². The van der Waals surface area contributed by atoms with Gasteiger partial charge in [-0.1, -0.05) is 46.2 Å². The lowest BCUT2D eigenvalue weighted by Gasteiger charge is -2.64. The minimum absolute atomic E-state index is 0.177. The molecule has 4 aliphatic carbocycles. The van der Waals surface area contributed by atoms with Crippen molar-refractivity contribution < 1.29 is 14.6 Å². The second-order valence-electron chi connectivity index (χ2n) is 13.4. The molecule has 3 unspecified atom stereocenters. The molecule has 2 N–H and O–H groups in total. The Labute approximate surface area is 210 Å². The highest BCUT2D eigenvalue weighted by atomic mass is 16.3. The summed E-state index contributed by atoms with van der Waals surface area (Å²) in [6.07, 6.45) is 9.50. The van der Waals surface area contributed by atoms with Crippen LogP contribution in [0.25, 0.3) is 11.1 Å². The first kappa shape index (κ1) is 24.0. The van der Waals surface area contributed by atoms with E-state index in [4.69, 9.17) is 9.40 Å².